The molecule has 1 unspecified atom stereocenters. The van der Waals surface area contributed by atoms with Crippen LogP contribution in [0.2, 0.25) is 0 Å². The Bertz CT molecular complexity index is 271. The maximum Gasteiger partial charge on any atom is 0.281 e. The van der Waals surface area contributed by atoms with Crippen LogP contribution in [-0.4, -0.2) is 64.6 Å². The number of amides is 2. The Morgan fingerprint density at radius 2 is 2.38 bits per heavy atom. The molecule has 1 rings (SSSR count). The molecule has 0 aromatic rings. The second-order valence-corrected chi connectivity index (χ2v) is 5.02. The first-order valence-electron chi connectivity index (χ1n) is 5.34. The number of thioether (sulfide) groups is 1. The number of likely N-dealkylation sites (N-methyl/N-ethyl adjacent to an activating group) is 1. The molecule has 16 heavy (non-hydrogen) atoms. The highest BCUT2D eigenvalue weighted by atomic mass is 32.2. The number of aliphatic hydroxyl groups excluding tert-OH is 1. The summed E-state index contributed by atoms with van der Waals surface area (Å²) < 4.78 is 0. The van der Waals surface area contributed by atoms with Crippen molar-refractivity contribution in [3.63, 3.8) is 0 Å². The second kappa shape index (κ2) is 6.10. The number of rotatable bonds is 5. The second-order valence-electron chi connectivity index (χ2n) is 3.97. The number of hydrogen-bond donors (Lipinski definition) is 1. The standard InChI is InChI=1S/C10H18N2O3S/c1-8(13)7-11(2)9(14)3-4-12-5-6-16-10(12)15/h8,13H,3-7H2,1-2H3. The lowest BCUT2D eigenvalue weighted by Gasteiger charge is -2.20. The number of hydrogen-bond acceptors (Lipinski definition) is 4. The lowest BCUT2D eigenvalue weighted by atomic mass is 10.3. The molecule has 0 spiro atoms. The highest BCUT2D eigenvalue weighted by Crippen LogP contribution is 2.17. The molecule has 1 fully saturated rings. The van der Waals surface area contributed by atoms with Gasteiger partial charge in [0.1, 0.15) is 0 Å². The van der Waals surface area contributed by atoms with Gasteiger partial charge in [-0.05, 0) is 6.92 Å². The first-order chi connectivity index (χ1) is 7.50. The molecule has 1 saturated heterocycles. The van der Waals surface area contributed by atoms with Gasteiger partial charge in [0.25, 0.3) is 5.24 Å². The third-order valence-corrected chi connectivity index (χ3v) is 3.30. The molecule has 1 atom stereocenters. The fourth-order valence-electron chi connectivity index (χ4n) is 1.55. The Morgan fingerprint density at radius 3 is 2.88 bits per heavy atom. The van der Waals surface area contributed by atoms with Gasteiger partial charge in [-0.3, -0.25) is 9.59 Å². The van der Waals surface area contributed by atoms with E-state index >= 15 is 0 Å². The van der Waals surface area contributed by atoms with Crippen LogP contribution in [0.5, 0.6) is 0 Å². The van der Waals surface area contributed by atoms with E-state index in [4.69, 9.17) is 5.11 Å². The van der Waals surface area contributed by atoms with E-state index in [2.05, 4.69) is 0 Å². The Kier molecular flexibility index (Phi) is 5.08. The van der Waals surface area contributed by atoms with Gasteiger partial charge < -0.3 is 14.9 Å². The first-order valence-corrected chi connectivity index (χ1v) is 6.33. The summed E-state index contributed by atoms with van der Waals surface area (Å²) in [5, 5.41) is 9.19. The summed E-state index contributed by atoms with van der Waals surface area (Å²) in [5.41, 5.74) is 0. The van der Waals surface area contributed by atoms with Crippen LogP contribution < -0.4 is 0 Å². The maximum atomic E-state index is 11.6. The molecule has 92 valence electrons. The fourth-order valence-corrected chi connectivity index (χ4v) is 2.40. The highest BCUT2D eigenvalue weighted by Gasteiger charge is 2.22. The van der Waals surface area contributed by atoms with Crippen LogP contribution in [0.15, 0.2) is 0 Å². The molecular formula is C10H18N2O3S. The largest absolute Gasteiger partial charge is 0.392 e. The van der Waals surface area contributed by atoms with Crippen LogP contribution >= 0.6 is 11.8 Å². The van der Waals surface area contributed by atoms with Gasteiger partial charge in [-0.1, -0.05) is 11.8 Å². The summed E-state index contributed by atoms with van der Waals surface area (Å²) >= 11 is 1.30. The summed E-state index contributed by atoms with van der Waals surface area (Å²) in [6, 6.07) is 0. The average molecular weight is 246 g/mol. The molecule has 2 amide bonds. The van der Waals surface area contributed by atoms with Crippen molar-refractivity contribution in [3.05, 3.63) is 0 Å². The van der Waals surface area contributed by atoms with Crippen LogP contribution in [0.4, 0.5) is 4.79 Å². The van der Waals surface area contributed by atoms with Gasteiger partial charge in [0.05, 0.1) is 6.10 Å². The number of carbonyl (C=O) groups excluding carboxylic acids is 2. The molecule has 6 heteroatoms. The molecule has 0 aromatic carbocycles. The predicted molar refractivity (Wildman–Crippen MR) is 63.4 cm³/mol. The zero-order valence-corrected chi connectivity index (χ0v) is 10.5. The molecule has 1 aliphatic rings. The first kappa shape index (κ1) is 13.3. The molecule has 0 aliphatic carbocycles. The van der Waals surface area contributed by atoms with E-state index in [0.717, 1.165) is 12.3 Å². The zero-order chi connectivity index (χ0) is 12.1. The van der Waals surface area contributed by atoms with Crippen molar-refractivity contribution in [3.8, 4) is 0 Å². The van der Waals surface area contributed by atoms with Crippen molar-refractivity contribution in [1.82, 2.24) is 9.80 Å². The number of nitrogens with zero attached hydrogens (tertiary/aromatic N) is 2. The van der Waals surface area contributed by atoms with Gasteiger partial charge in [0.15, 0.2) is 0 Å². The number of carbonyl (C=O) groups is 2. The average Bonchev–Trinajstić information content (AvgIpc) is 2.59. The number of aliphatic hydroxyl groups is 1. The van der Waals surface area contributed by atoms with Crippen molar-refractivity contribution in [2.75, 3.05) is 32.4 Å². The quantitative estimate of drug-likeness (QED) is 0.762. The smallest absolute Gasteiger partial charge is 0.281 e. The van der Waals surface area contributed by atoms with E-state index in [9.17, 15) is 9.59 Å². The van der Waals surface area contributed by atoms with Crippen molar-refractivity contribution < 1.29 is 14.7 Å². The normalized spacial score (nSPS) is 17.7. The van der Waals surface area contributed by atoms with Crippen LogP contribution in [0, 0.1) is 0 Å². The minimum Gasteiger partial charge on any atom is -0.392 e. The summed E-state index contributed by atoms with van der Waals surface area (Å²) in [4.78, 5) is 26.1. The van der Waals surface area contributed by atoms with Gasteiger partial charge in [0, 0.05) is 38.9 Å². The minimum absolute atomic E-state index is 0.0365. The van der Waals surface area contributed by atoms with Crippen LogP contribution in [-0.2, 0) is 4.79 Å². The molecule has 5 nitrogen and oxygen atoms in total. The Labute approximate surface area is 99.8 Å². The van der Waals surface area contributed by atoms with Gasteiger partial charge in [-0.15, -0.1) is 0 Å². The predicted octanol–water partition coefficient (Wildman–Crippen LogP) is 0.385. The topological polar surface area (TPSA) is 60.9 Å². The van der Waals surface area contributed by atoms with E-state index in [0.29, 0.717) is 19.5 Å². The van der Waals surface area contributed by atoms with Crippen molar-refractivity contribution >= 4 is 22.9 Å². The SMILES string of the molecule is CC(O)CN(C)C(=O)CCN1CCSC1=O. The molecular weight excluding hydrogens is 228 g/mol. The van der Waals surface area contributed by atoms with E-state index in [1.165, 1.54) is 16.7 Å². The summed E-state index contributed by atoms with van der Waals surface area (Å²) in [6.07, 6.45) is -0.187. The van der Waals surface area contributed by atoms with Gasteiger partial charge in [0.2, 0.25) is 5.91 Å². The van der Waals surface area contributed by atoms with E-state index in [-0.39, 0.29) is 11.1 Å². The molecule has 1 N–H and O–H groups in total. The molecule has 1 heterocycles. The molecule has 0 radical (unpaired) electrons. The molecule has 0 bridgehead atoms. The summed E-state index contributed by atoms with van der Waals surface area (Å²) in [5.74, 6) is 0.780. The van der Waals surface area contributed by atoms with Crippen LogP contribution in [0.25, 0.3) is 0 Å². The van der Waals surface area contributed by atoms with Crippen molar-refractivity contribution in [1.29, 1.82) is 0 Å². The Morgan fingerprint density at radius 1 is 1.69 bits per heavy atom. The summed E-state index contributed by atoms with van der Waals surface area (Å²) in [6.45, 7) is 3.19. The van der Waals surface area contributed by atoms with Crippen LogP contribution in [0.3, 0.4) is 0 Å². The molecule has 0 aromatic heterocycles. The van der Waals surface area contributed by atoms with E-state index in [1.807, 2.05) is 0 Å². The summed E-state index contributed by atoms with van der Waals surface area (Å²) in [7, 11) is 1.66. The van der Waals surface area contributed by atoms with E-state index in [1.54, 1.807) is 18.9 Å². The van der Waals surface area contributed by atoms with Gasteiger partial charge >= 0.3 is 0 Å². The van der Waals surface area contributed by atoms with Crippen LogP contribution in [0.1, 0.15) is 13.3 Å². The lowest BCUT2D eigenvalue weighted by Crippen LogP contribution is -2.35. The third-order valence-electron chi connectivity index (χ3n) is 2.40. The minimum atomic E-state index is -0.516. The highest BCUT2D eigenvalue weighted by molar-refractivity contribution is 8.13. The maximum absolute atomic E-state index is 11.6. The Hall–Kier alpha value is -0.750. The molecule has 0 saturated carbocycles. The third kappa shape index (κ3) is 4.02. The van der Waals surface area contributed by atoms with Crippen molar-refractivity contribution in [2.24, 2.45) is 0 Å². The molecule has 1 aliphatic heterocycles. The zero-order valence-electron chi connectivity index (χ0n) is 9.68. The van der Waals surface area contributed by atoms with Crippen molar-refractivity contribution in [2.45, 2.75) is 19.4 Å². The Balaban J connectivity index is 2.26. The fraction of sp³-hybridized carbons (Fsp3) is 0.800. The lowest BCUT2D eigenvalue weighted by molar-refractivity contribution is -0.131. The van der Waals surface area contributed by atoms with Gasteiger partial charge in [-0.25, -0.2) is 0 Å². The van der Waals surface area contributed by atoms with E-state index < -0.39 is 6.10 Å². The monoisotopic (exact) mass is 246 g/mol. The van der Waals surface area contributed by atoms with Gasteiger partial charge in [-0.2, -0.15) is 0 Å².